The monoisotopic (exact) mass is 366 g/mol. The second kappa shape index (κ2) is 6.34. The first-order valence-corrected chi connectivity index (χ1v) is 9.49. The molecule has 7 heteroatoms. The van der Waals surface area contributed by atoms with Crippen molar-refractivity contribution in [2.75, 3.05) is 12.7 Å². The number of fused-ring (bicyclic) bond motifs is 2. The predicted octanol–water partition coefficient (Wildman–Crippen LogP) is 3.51. The fourth-order valence-electron chi connectivity index (χ4n) is 3.33. The molecule has 3 heterocycles. The number of hydrogen-bond donors (Lipinski definition) is 0. The zero-order chi connectivity index (χ0) is 17.5. The van der Waals surface area contributed by atoms with Crippen LogP contribution in [0.25, 0.3) is 11.4 Å². The van der Waals surface area contributed by atoms with Gasteiger partial charge in [0, 0.05) is 12.1 Å². The Hall–Kier alpha value is -2.51. The summed E-state index contributed by atoms with van der Waals surface area (Å²) in [4.78, 5) is 2.38. The van der Waals surface area contributed by atoms with E-state index in [0.29, 0.717) is 6.79 Å². The van der Waals surface area contributed by atoms with Crippen molar-refractivity contribution in [2.45, 2.75) is 25.3 Å². The van der Waals surface area contributed by atoms with E-state index >= 15 is 0 Å². The minimum absolute atomic E-state index is 0.308. The van der Waals surface area contributed by atoms with Crippen LogP contribution >= 0.6 is 11.8 Å². The molecule has 0 spiro atoms. The summed E-state index contributed by atoms with van der Waals surface area (Å²) in [6.45, 7) is 4.03. The molecule has 0 fully saturated rings. The van der Waals surface area contributed by atoms with Gasteiger partial charge in [0.1, 0.15) is 0 Å². The van der Waals surface area contributed by atoms with Gasteiger partial charge in [0.25, 0.3) is 0 Å². The molecule has 2 aromatic carbocycles. The number of aryl methyl sites for hydroxylation is 1. The molecule has 26 heavy (non-hydrogen) atoms. The van der Waals surface area contributed by atoms with E-state index in [4.69, 9.17) is 9.47 Å². The number of nitrogens with zero attached hydrogens (tertiary/aromatic N) is 4. The van der Waals surface area contributed by atoms with Crippen LogP contribution in [0.15, 0.2) is 47.6 Å². The van der Waals surface area contributed by atoms with Gasteiger partial charge in [-0.3, -0.25) is 9.47 Å². The lowest BCUT2D eigenvalue weighted by molar-refractivity contribution is 0.174. The third kappa shape index (κ3) is 2.73. The minimum Gasteiger partial charge on any atom is -0.454 e. The van der Waals surface area contributed by atoms with Crippen molar-refractivity contribution in [2.24, 2.45) is 0 Å². The van der Waals surface area contributed by atoms with Crippen LogP contribution < -0.4 is 9.47 Å². The molecule has 0 unspecified atom stereocenters. The van der Waals surface area contributed by atoms with Crippen LogP contribution in [0.3, 0.4) is 0 Å². The lowest BCUT2D eigenvalue weighted by Gasteiger charge is -2.28. The van der Waals surface area contributed by atoms with Gasteiger partial charge in [-0.05, 0) is 30.2 Å². The van der Waals surface area contributed by atoms with Crippen LogP contribution in [0.2, 0.25) is 0 Å². The lowest BCUT2D eigenvalue weighted by Crippen LogP contribution is -2.30. The second-order valence-corrected chi connectivity index (χ2v) is 7.39. The molecule has 6 nitrogen and oxygen atoms in total. The quantitative estimate of drug-likeness (QED) is 0.707. The Balaban J connectivity index is 1.40. The summed E-state index contributed by atoms with van der Waals surface area (Å²) in [7, 11) is 0. The third-order valence-electron chi connectivity index (χ3n) is 4.66. The smallest absolute Gasteiger partial charge is 0.231 e. The zero-order valence-corrected chi connectivity index (χ0v) is 15.2. The molecule has 0 N–H and O–H groups in total. The Labute approximate surface area is 155 Å². The van der Waals surface area contributed by atoms with E-state index in [1.165, 1.54) is 11.1 Å². The van der Waals surface area contributed by atoms with E-state index in [9.17, 15) is 0 Å². The highest BCUT2D eigenvalue weighted by molar-refractivity contribution is 7.99. The highest BCUT2D eigenvalue weighted by Crippen LogP contribution is 2.34. The summed E-state index contributed by atoms with van der Waals surface area (Å²) in [5.74, 6) is 3.48. The van der Waals surface area contributed by atoms with Crippen LogP contribution in [0, 0.1) is 6.92 Å². The van der Waals surface area contributed by atoms with Gasteiger partial charge in [0.2, 0.25) is 6.79 Å². The average Bonchev–Trinajstić information content (AvgIpc) is 3.28. The Bertz CT molecular complexity index is 972. The first-order chi connectivity index (χ1) is 12.8. The van der Waals surface area contributed by atoms with Crippen molar-refractivity contribution >= 4 is 11.8 Å². The van der Waals surface area contributed by atoms with Gasteiger partial charge in [-0.1, -0.05) is 42.1 Å². The molecule has 2 aliphatic heterocycles. The lowest BCUT2D eigenvalue weighted by atomic mass is 10.1. The molecule has 0 bridgehead atoms. The maximum atomic E-state index is 5.49. The summed E-state index contributed by atoms with van der Waals surface area (Å²) in [6.07, 6.45) is 0. The molecular formula is C19H18N4O2S. The van der Waals surface area contributed by atoms with Crippen molar-refractivity contribution in [1.29, 1.82) is 0 Å². The summed E-state index contributed by atoms with van der Waals surface area (Å²) < 4.78 is 13.1. The molecule has 0 aliphatic carbocycles. The van der Waals surface area contributed by atoms with Crippen molar-refractivity contribution in [1.82, 2.24) is 19.7 Å². The largest absolute Gasteiger partial charge is 0.454 e. The summed E-state index contributed by atoms with van der Waals surface area (Å²) in [5.41, 5.74) is 3.56. The molecule has 0 radical (unpaired) electrons. The first kappa shape index (κ1) is 15.7. The number of benzene rings is 2. The fourth-order valence-corrected chi connectivity index (χ4v) is 4.20. The van der Waals surface area contributed by atoms with Crippen LogP contribution in [-0.2, 0) is 13.2 Å². The molecule has 0 amide bonds. The van der Waals surface area contributed by atoms with E-state index in [-0.39, 0.29) is 0 Å². The standard InChI is InChI=1S/C19H18N4O2S/c1-13-4-2-3-5-15(13)18-20-21-19-23(18)10-22(11-26-19)9-14-6-7-16-17(8-14)25-12-24-16/h2-8H,9-12H2,1H3. The third-order valence-corrected chi connectivity index (χ3v) is 5.72. The molecule has 0 atom stereocenters. The summed E-state index contributed by atoms with van der Waals surface area (Å²) in [6, 6.07) is 14.5. The number of aromatic nitrogens is 3. The predicted molar refractivity (Wildman–Crippen MR) is 99.0 cm³/mol. The molecule has 2 aliphatic rings. The molecule has 132 valence electrons. The Morgan fingerprint density at radius 2 is 1.96 bits per heavy atom. The van der Waals surface area contributed by atoms with Gasteiger partial charge >= 0.3 is 0 Å². The fraction of sp³-hybridized carbons (Fsp3) is 0.263. The Morgan fingerprint density at radius 3 is 2.88 bits per heavy atom. The highest BCUT2D eigenvalue weighted by atomic mass is 32.2. The molecular weight excluding hydrogens is 348 g/mol. The summed E-state index contributed by atoms with van der Waals surface area (Å²) >= 11 is 1.72. The molecule has 0 saturated heterocycles. The maximum Gasteiger partial charge on any atom is 0.231 e. The van der Waals surface area contributed by atoms with Gasteiger partial charge in [-0.2, -0.15) is 0 Å². The van der Waals surface area contributed by atoms with Crippen LogP contribution in [0.1, 0.15) is 11.1 Å². The van der Waals surface area contributed by atoms with E-state index in [1.54, 1.807) is 11.8 Å². The average molecular weight is 366 g/mol. The number of thioether (sulfide) groups is 1. The highest BCUT2D eigenvalue weighted by Gasteiger charge is 2.23. The van der Waals surface area contributed by atoms with E-state index < -0.39 is 0 Å². The molecule has 3 aromatic rings. The van der Waals surface area contributed by atoms with Crippen LogP contribution in [-0.4, -0.2) is 32.3 Å². The summed E-state index contributed by atoms with van der Waals surface area (Å²) in [5, 5.41) is 9.80. The van der Waals surface area contributed by atoms with Crippen molar-refractivity contribution in [3.8, 4) is 22.9 Å². The molecule has 0 saturated carbocycles. The van der Waals surface area contributed by atoms with Gasteiger partial charge < -0.3 is 9.47 Å². The minimum atomic E-state index is 0.308. The second-order valence-electron chi connectivity index (χ2n) is 6.48. The van der Waals surface area contributed by atoms with Gasteiger partial charge in [-0.15, -0.1) is 10.2 Å². The van der Waals surface area contributed by atoms with Crippen molar-refractivity contribution < 1.29 is 9.47 Å². The first-order valence-electron chi connectivity index (χ1n) is 8.51. The van der Waals surface area contributed by atoms with E-state index in [2.05, 4.69) is 50.9 Å². The van der Waals surface area contributed by atoms with E-state index in [0.717, 1.165) is 47.1 Å². The van der Waals surface area contributed by atoms with Gasteiger partial charge in [0.15, 0.2) is 22.5 Å². The van der Waals surface area contributed by atoms with Crippen LogP contribution in [0.4, 0.5) is 0 Å². The number of ether oxygens (including phenoxy) is 2. The maximum absolute atomic E-state index is 5.49. The number of hydrogen-bond acceptors (Lipinski definition) is 6. The van der Waals surface area contributed by atoms with E-state index in [1.807, 2.05) is 18.2 Å². The van der Waals surface area contributed by atoms with Crippen molar-refractivity contribution in [3.05, 3.63) is 53.6 Å². The van der Waals surface area contributed by atoms with Crippen LogP contribution in [0.5, 0.6) is 11.5 Å². The van der Waals surface area contributed by atoms with Gasteiger partial charge in [0.05, 0.1) is 12.5 Å². The number of rotatable bonds is 3. The van der Waals surface area contributed by atoms with Crippen molar-refractivity contribution in [3.63, 3.8) is 0 Å². The zero-order valence-electron chi connectivity index (χ0n) is 14.4. The molecule has 5 rings (SSSR count). The Morgan fingerprint density at radius 1 is 1.08 bits per heavy atom. The SMILES string of the molecule is Cc1ccccc1-c1nnc2n1CN(Cc1ccc3c(c1)OCO3)CS2. The Kier molecular flexibility index (Phi) is 3.83. The normalized spacial score (nSPS) is 15.9. The van der Waals surface area contributed by atoms with Gasteiger partial charge in [-0.25, -0.2) is 0 Å². The topological polar surface area (TPSA) is 52.4 Å². The molecule has 1 aromatic heterocycles.